The Hall–Kier alpha value is -0.690. The van der Waals surface area contributed by atoms with Gasteiger partial charge in [-0.2, -0.15) is 0 Å². The normalized spacial score (nSPS) is 11.2. The van der Waals surface area contributed by atoms with E-state index in [1.54, 1.807) is 0 Å². The molecule has 0 aliphatic rings. The predicted octanol–water partition coefficient (Wildman–Crippen LogP) is 7.18. The zero-order valence-electron chi connectivity index (χ0n) is 29.2. The number of aliphatic carboxylic acids is 1. The largest absolute Gasteiger partial charge is 0.550 e. The maximum Gasteiger partial charge on any atom is 0.101 e. The Labute approximate surface area is 268 Å². The Balaban J connectivity index is 0. The van der Waals surface area contributed by atoms with Gasteiger partial charge in [0.1, 0.15) is 13.1 Å². The van der Waals surface area contributed by atoms with Crippen LogP contribution in [-0.4, -0.2) is 62.2 Å². The van der Waals surface area contributed by atoms with Gasteiger partial charge < -0.3 is 29.8 Å². The van der Waals surface area contributed by atoms with Crippen molar-refractivity contribution in [2.45, 2.75) is 187 Å². The molecule has 6 nitrogen and oxygen atoms in total. The topological polar surface area (TPSA) is 94.3 Å². The summed E-state index contributed by atoms with van der Waals surface area (Å²) < 4.78 is 5.67. The Bertz CT molecular complexity index is 499. The Morgan fingerprint density at radius 3 is 1.16 bits per heavy atom. The molecular weight excluding hydrogens is 538 g/mol. The van der Waals surface area contributed by atoms with Crippen molar-refractivity contribution >= 4 is 5.97 Å². The van der Waals surface area contributed by atoms with E-state index < -0.39 is 5.97 Å². The van der Waals surface area contributed by atoms with E-state index in [9.17, 15) is 9.90 Å². The van der Waals surface area contributed by atoms with E-state index in [0.717, 1.165) is 52.1 Å². The summed E-state index contributed by atoms with van der Waals surface area (Å²) in [5, 5.41) is 28.1. The summed E-state index contributed by atoms with van der Waals surface area (Å²) in [6.45, 7) is 9.01. The number of hydrogen-bond acceptors (Lipinski definition) is 5. The lowest BCUT2D eigenvalue weighted by atomic mass is 10.0. The van der Waals surface area contributed by atoms with Gasteiger partial charge >= 0.3 is 0 Å². The third-order valence-electron chi connectivity index (χ3n) is 8.38. The average molecular weight is 616 g/mol. The summed E-state index contributed by atoms with van der Waals surface area (Å²) in [4.78, 5) is 11.5. The van der Waals surface area contributed by atoms with Gasteiger partial charge in [-0.25, -0.2) is 0 Å². The second kappa shape index (κ2) is 41.3. The maximum atomic E-state index is 10.2. The number of nitrogens with one attached hydrogen (secondary N) is 1. The summed E-state index contributed by atoms with van der Waals surface area (Å²) in [5.74, 6) is -0.903. The zero-order chi connectivity index (χ0) is 31.9. The highest BCUT2D eigenvalue weighted by Gasteiger charge is 2.06. The first-order valence-electron chi connectivity index (χ1n) is 18.9. The summed E-state index contributed by atoms with van der Waals surface area (Å²) in [5.41, 5.74) is 0. The number of ether oxygens (including phenoxy) is 1. The molecule has 0 aromatic rings. The van der Waals surface area contributed by atoms with Crippen molar-refractivity contribution in [2.75, 3.05) is 46.1 Å². The fourth-order valence-electron chi connectivity index (χ4n) is 5.55. The van der Waals surface area contributed by atoms with Gasteiger partial charge in [-0.1, -0.05) is 162 Å². The lowest BCUT2D eigenvalue weighted by Gasteiger charge is -2.17. The van der Waals surface area contributed by atoms with Gasteiger partial charge in [0.2, 0.25) is 0 Å². The van der Waals surface area contributed by atoms with E-state index in [1.165, 1.54) is 153 Å². The number of aliphatic hydroxyl groups excluding tert-OH is 2. The van der Waals surface area contributed by atoms with Gasteiger partial charge in [0, 0.05) is 19.0 Å². The molecule has 0 saturated carbocycles. The van der Waals surface area contributed by atoms with Crippen molar-refractivity contribution in [3.05, 3.63) is 0 Å². The van der Waals surface area contributed by atoms with Gasteiger partial charge in [-0.05, 0) is 19.3 Å². The number of carbonyl (C=O) groups excluding carboxylic acids is 1. The van der Waals surface area contributed by atoms with Crippen LogP contribution in [0, 0.1) is 0 Å². The molecule has 3 N–H and O–H groups in total. The molecule has 0 aromatic carbocycles. The van der Waals surface area contributed by atoms with Crippen LogP contribution in [0.1, 0.15) is 187 Å². The average Bonchev–Trinajstić information content (AvgIpc) is 2.99. The number of rotatable bonds is 35. The highest BCUT2D eigenvalue weighted by molar-refractivity contribution is 5.64. The molecule has 0 aliphatic heterocycles. The molecule has 0 atom stereocenters. The van der Waals surface area contributed by atoms with E-state index >= 15 is 0 Å². The Morgan fingerprint density at radius 1 is 0.488 bits per heavy atom. The molecule has 0 fully saturated rings. The van der Waals surface area contributed by atoms with Crippen molar-refractivity contribution < 1.29 is 29.8 Å². The third-order valence-corrected chi connectivity index (χ3v) is 8.38. The van der Waals surface area contributed by atoms with Crippen molar-refractivity contribution in [3.63, 3.8) is 0 Å². The van der Waals surface area contributed by atoms with Crippen LogP contribution in [0.2, 0.25) is 0 Å². The molecule has 6 heteroatoms. The second-order valence-electron chi connectivity index (χ2n) is 12.7. The standard InChI is InChI=1S/C19H41NO3.C18H36O2/c1-2-3-4-5-6-7-8-9-10-11-18-23-19-12-13-20(14-16-21)15-17-22;1-2-3-4-5-6-7-8-9-10-11-12-13-14-15-16-17-18(19)20/h21-22H,2-19H2,1H3;2-17H2,1H3,(H,19,20). The summed E-state index contributed by atoms with van der Waals surface area (Å²) in [7, 11) is 0. The van der Waals surface area contributed by atoms with Crippen molar-refractivity contribution in [2.24, 2.45) is 0 Å². The molecule has 0 heterocycles. The third kappa shape index (κ3) is 43.5. The van der Waals surface area contributed by atoms with Crippen LogP contribution in [-0.2, 0) is 9.53 Å². The molecule has 0 aromatic heterocycles. The monoisotopic (exact) mass is 616 g/mol. The molecule has 260 valence electrons. The lowest BCUT2D eigenvalue weighted by molar-refractivity contribution is -0.901. The SMILES string of the molecule is CCCCCCCCCCCCCCCCCC(=O)[O-].CCCCCCCCCCCCOCCC[NH+](CCO)CCO. The summed E-state index contributed by atoms with van der Waals surface area (Å²) in [6.07, 6.45) is 34.5. The number of carboxylic acids is 1. The van der Waals surface area contributed by atoms with E-state index in [1.807, 2.05) is 0 Å². The molecular formula is C37H77NO5. The minimum atomic E-state index is -0.903. The van der Waals surface area contributed by atoms with Gasteiger partial charge in [0.05, 0.1) is 26.4 Å². The van der Waals surface area contributed by atoms with Crippen molar-refractivity contribution in [1.29, 1.82) is 0 Å². The number of carbonyl (C=O) groups is 1. The number of quaternary nitrogens is 1. The van der Waals surface area contributed by atoms with Crippen molar-refractivity contribution in [1.82, 2.24) is 0 Å². The van der Waals surface area contributed by atoms with Gasteiger partial charge in [0.15, 0.2) is 0 Å². The van der Waals surface area contributed by atoms with Gasteiger partial charge in [0.25, 0.3) is 0 Å². The highest BCUT2D eigenvalue weighted by atomic mass is 16.5. The number of unbranched alkanes of at least 4 members (excludes halogenated alkanes) is 23. The second-order valence-corrected chi connectivity index (χ2v) is 12.7. The van der Waals surface area contributed by atoms with E-state index in [-0.39, 0.29) is 19.6 Å². The molecule has 0 saturated heterocycles. The Morgan fingerprint density at radius 2 is 0.814 bits per heavy atom. The van der Waals surface area contributed by atoms with E-state index in [4.69, 9.17) is 14.9 Å². The fourth-order valence-corrected chi connectivity index (χ4v) is 5.55. The van der Waals surface area contributed by atoms with Crippen LogP contribution in [0.3, 0.4) is 0 Å². The van der Waals surface area contributed by atoms with Crippen LogP contribution in [0.5, 0.6) is 0 Å². The molecule has 0 spiro atoms. The van der Waals surface area contributed by atoms with Crippen LogP contribution >= 0.6 is 0 Å². The molecule has 0 amide bonds. The van der Waals surface area contributed by atoms with Gasteiger partial charge in [-0.3, -0.25) is 0 Å². The maximum absolute atomic E-state index is 10.2. The molecule has 0 aliphatic carbocycles. The predicted molar refractivity (Wildman–Crippen MR) is 182 cm³/mol. The minimum Gasteiger partial charge on any atom is -0.550 e. The van der Waals surface area contributed by atoms with E-state index in [0.29, 0.717) is 0 Å². The number of aliphatic hydroxyl groups is 2. The van der Waals surface area contributed by atoms with Crippen LogP contribution in [0.4, 0.5) is 0 Å². The van der Waals surface area contributed by atoms with Crippen LogP contribution in [0.25, 0.3) is 0 Å². The highest BCUT2D eigenvalue weighted by Crippen LogP contribution is 2.14. The summed E-state index contributed by atoms with van der Waals surface area (Å²) in [6, 6.07) is 0. The zero-order valence-corrected chi connectivity index (χ0v) is 29.2. The molecule has 0 bridgehead atoms. The first-order chi connectivity index (χ1) is 21.1. The molecule has 0 unspecified atom stereocenters. The minimum absolute atomic E-state index is 0.189. The lowest BCUT2D eigenvalue weighted by Crippen LogP contribution is -3.13. The Kier molecular flexibility index (Phi) is 42.7. The quantitative estimate of drug-likeness (QED) is 0.0657. The molecule has 43 heavy (non-hydrogen) atoms. The van der Waals surface area contributed by atoms with Crippen LogP contribution in [0.15, 0.2) is 0 Å². The van der Waals surface area contributed by atoms with Gasteiger partial charge in [-0.15, -0.1) is 0 Å². The van der Waals surface area contributed by atoms with Crippen LogP contribution < -0.4 is 10.0 Å². The first kappa shape index (κ1) is 44.4. The molecule has 0 radical (unpaired) electrons. The fraction of sp³-hybridized carbons (Fsp3) is 0.973. The smallest absolute Gasteiger partial charge is 0.101 e. The van der Waals surface area contributed by atoms with E-state index in [2.05, 4.69) is 13.8 Å². The van der Waals surface area contributed by atoms with Crippen molar-refractivity contribution in [3.8, 4) is 0 Å². The molecule has 0 rings (SSSR count). The summed E-state index contributed by atoms with van der Waals surface area (Å²) >= 11 is 0. The number of hydrogen-bond donors (Lipinski definition) is 3. The first-order valence-corrected chi connectivity index (χ1v) is 18.9. The number of carboxylic acid groups (broad SMARTS) is 1.